The summed E-state index contributed by atoms with van der Waals surface area (Å²) in [6.45, 7) is 0.520. The summed E-state index contributed by atoms with van der Waals surface area (Å²) in [5.74, 6) is 0.916. The van der Waals surface area contributed by atoms with Gasteiger partial charge in [0.25, 0.3) is 0 Å². The first-order valence-corrected chi connectivity index (χ1v) is 9.19. The van der Waals surface area contributed by atoms with Crippen molar-refractivity contribution in [3.05, 3.63) is 48.0 Å². The molecular weight excluding hydrogens is 394 g/mol. The van der Waals surface area contributed by atoms with Gasteiger partial charge >= 0.3 is 0 Å². The third-order valence-corrected chi connectivity index (χ3v) is 4.87. The molecule has 1 aliphatic heterocycles. The van der Waals surface area contributed by atoms with E-state index in [2.05, 4.69) is 5.32 Å². The Kier molecular flexibility index (Phi) is 7.73. The summed E-state index contributed by atoms with van der Waals surface area (Å²) >= 11 is 0. The molecule has 29 heavy (non-hydrogen) atoms. The van der Waals surface area contributed by atoms with Gasteiger partial charge in [0.05, 0.1) is 19.9 Å². The van der Waals surface area contributed by atoms with Crippen LogP contribution in [0.2, 0.25) is 0 Å². The Hall–Kier alpha value is -2.93. The number of carbonyl (C=O) groups is 2. The number of ether oxygens (including phenoxy) is 2. The van der Waals surface area contributed by atoms with Gasteiger partial charge in [-0.1, -0.05) is 18.2 Å². The number of hydrogen-bond acceptors (Lipinski definition) is 5. The standard InChI is InChI=1S/C21H25N3O4.ClH/c1-27-16-11-15(12-17(13-16)28-2)24-10-9-19(21(24)26)23-20(25)8-7-14-5-3-4-6-18(14)22;/h3-6,11-13,19H,7-10,22H2,1-2H3,(H,23,25);1H. The van der Waals surface area contributed by atoms with Crippen LogP contribution in [0.1, 0.15) is 18.4 Å². The topological polar surface area (TPSA) is 93.9 Å². The van der Waals surface area contributed by atoms with E-state index < -0.39 is 6.04 Å². The van der Waals surface area contributed by atoms with Gasteiger partial charge in [0.1, 0.15) is 17.5 Å². The zero-order chi connectivity index (χ0) is 20.1. The molecule has 1 saturated heterocycles. The molecular formula is C21H26ClN3O4. The molecule has 0 spiro atoms. The van der Waals surface area contributed by atoms with Crippen molar-refractivity contribution in [2.75, 3.05) is 31.4 Å². The molecule has 2 amide bonds. The number of hydrogen-bond donors (Lipinski definition) is 2. The second-order valence-electron chi connectivity index (χ2n) is 6.67. The van der Waals surface area contributed by atoms with E-state index in [1.807, 2.05) is 24.3 Å². The number of rotatable bonds is 7. The van der Waals surface area contributed by atoms with E-state index >= 15 is 0 Å². The lowest BCUT2D eigenvalue weighted by Gasteiger charge is -2.19. The van der Waals surface area contributed by atoms with E-state index in [4.69, 9.17) is 15.2 Å². The first kappa shape index (κ1) is 22.4. The molecule has 1 heterocycles. The first-order chi connectivity index (χ1) is 13.5. The Balaban J connectivity index is 0.00000300. The molecule has 0 aliphatic carbocycles. The third-order valence-electron chi connectivity index (χ3n) is 4.87. The van der Waals surface area contributed by atoms with Gasteiger partial charge in [-0.05, 0) is 24.5 Å². The summed E-state index contributed by atoms with van der Waals surface area (Å²) in [6, 6.07) is 12.3. The SMILES string of the molecule is COc1cc(OC)cc(N2CCC(NC(=O)CCc3ccccc3N)C2=O)c1.Cl. The zero-order valence-electron chi connectivity index (χ0n) is 16.5. The van der Waals surface area contributed by atoms with E-state index in [9.17, 15) is 9.59 Å². The lowest BCUT2D eigenvalue weighted by Crippen LogP contribution is -2.41. The minimum atomic E-state index is -0.530. The number of amides is 2. The number of halogens is 1. The highest BCUT2D eigenvalue weighted by Crippen LogP contribution is 2.31. The molecule has 3 N–H and O–H groups in total. The van der Waals surface area contributed by atoms with Gasteiger partial charge in [-0.3, -0.25) is 9.59 Å². The largest absolute Gasteiger partial charge is 0.497 e. The highest BCUT2D eigenvalue weighted by molar-refractivity contribution is 6.01. The van der Waals surface area contributed by atoms with Crippen LogP contribution in [0.25, 0.3) is 0 Å². The number of anilines is 2. The number of methoxy groups -OCH3 is 2. The number of nitrogens with zero attached hydrogens (tertiary/aromatic N) is 1. The molecule has 0 radical (unpaired) electrons. The minimum absolute atomic E-state index is 0. The van der Waals surface area contributed by atoms with Gasteiger partial charge in [0.15, 0.2) is 0 Å². The fourth-order valence-electron chi connectivity index (χ4n) is 3.30. The van der Waals surface area contributed by atoms with Gasteiger partial charge in [0.2, 0.25) is 11.8 Å². The molecule has 1 fully saturated rings. The van der Waals surface area contributed by atoms with E-state index in [-0.39, 0.29) is 30.6 Å². The van der Waals surface area contributed by atoms with Crippen LogP contribution in [-0.4, -0.2) is 38.6 Å². The Morgan fingerprint density at radius 3 is 2.45 bits per heavy atom. The molecule has 3 rings (SSSR count). The number of nitrogens with one attached hydrogen (secondary N) is 1. The molecule has 2 aromatic rings. The van der Waals surface area contributed by atoms with Gasteiger partial charge in [0, 0.05) is 36.9 Å². The predicted octanol–water partition coefficient (Wildman–Crippen LogP) is 2.56. The Bertz CT molecular complexity index is 853. The maximum Gasteiger partial charge on any atom is 0.249 e. The summed E-state index contributed by atoms with van der Waals surface area (Å²) in [4.78, 5) is 26.7. The summed E-state index contributed by atoms with van der Waals surface area (Å²) in [7, 11) is 3.12. The quantitative estimate of drug-likeness (QED) is 0.672. The Morgan fingerprint density at radius 2 is 1.83 bits per heavy atom. The van der Waals surface area contributed by atoms with Crippen molar-refractivity contribution in [1.29, 1.82) is 0 Å². The fourth-order valence-corrected chi connectivity index (χ4v) is 3.30. The number of benzene rings is 2. The maximum absolute atomic E-state index is 12.8. The summed E-state index contributed by atoms with van der Waals surface area (Å²) in [6.07, 6.45) is 1.37. The second kappa shape index (κ2) is 10.0. The van der Waals surface area contributed by atoms with Crippen LogP contribution in [-0.2, 0) is 16.0 Å². The van der Waals surface area contributed by atoms with Crippen LogP contribution in [0.3, 0.4) is 0 Å². The van der Waals surface area contributed by atoms with Gasteiger partial charge in [-0.15, -0.1) is 12.4 Å². The molecule has 0 bridgehead atoms. The van der Waals surface area contributed by atoms with Crippen molar-refractivity contribution >= 4 is 35.6 Å². The van der Waals surface area contributed by atoms with E-state index in [1.54, 1.807) is 37.3 Å². The number of nitrogen functional groups attached to an aromatic ring is 1. The van der Waals surface area contributed by atoms with Crippen LogP contribution in [0.15, 0.2) is 42.5 Å². The van der Waals surface area contributed by atoms with Gasteiger partial charge in [-0.2, -0.15) is 0 Å². The molecule has 0 saturated carbocycles. The second-order valence-corrected chi connectivity index (χ2v) is 6.67. The van der Waals surface area contributed by atoms with Crippen molar-refractivity contribution in [2.45, 2.75) is 25.3 Å². The first-order valence-electron chi connectivity index (χ1n) is 9.19. The van der Waals surface area contributed by atoms with Crippen LogP contribution in [0.4, 0.5) is 11.4 Å². The lowest BCUT2D eigenvalue weighted by atomic mass is 10.1. The van der Waals surface area contributed by atoms with Gasteiger partial charge in [-0.25, -0.2) is 0 Å². The third kappa shape index (κ3) is 5.32. The zero-order valence-corrected chi connectivity index (χ0v) is 17.3. The van der Waals surface area contributed by atoms with Crippen LogP contribution in [0, 0.1) is 0 Å². The maximum atomic E-state index is 12.8. The van der Waals surface area contributed by atoms with E-state index in [1.165, 1.54) is 0 Å². The average molecular weight is 420 g/mol. The monoisotopic (exact) mass is 419 g/mol. The normalized spacial score (nSPS) is 15.6. The lowest BCUT2D eigenvalue weighted by molar-refractivity contribution is -0.126. The van der Waals surface area contributed by atoms with Crippen molar-refractivity contribution < 1.29 is 19.1 Å². The minimum Gasteiger partial charge on any atom is -0.497 e. The highest BCUT2D eigenvalue weighted by atomic mass is 35.5. The van der Waals surface area contributed by atoms with Crippen molar-refractivity contribution in [2.24, 2.45) is 0 Å². The molecule has 7 nitrogen and oxygen atoms in total. The smallest absolute Gasteiger partial charge is 0.249 e. The predicted molar refractivity (Wildman–Crippen MR) is 115 cm³/mol. The number of carbonyl (C=O) groups excluding carboxylic acids is 2. The summed E-state index contributed by atoms with van der Waals surface area (Å²) in [5, 5.41) is 2.84. The molecule has 156 valence electrons. The molecule has 1 atom stereocenters. The van der Waals surface area contributed by atoms with Crippen molar-refractivity contribution in [3.63, 3.8) is 0 Å². The number of para-hydroxylation sites is 1. The highest BCUT2D eigenvalue weighted by Gasteiger charge is 2.34. The van der Waals surface area contributed by atoms with Crippen molar-refractivity contribution in [3.8, 4) is 11.5 Å². The Morgan fingerprint density at radius 1 is 1.17 bits per heavy atom. The average Bonchev–Trinajstić information content (AvgIpc) is 3.07. The van der Waals surface area contributed by atoms with Crippen LogP contribution >= 0.6 is 12.4 Å². The van der Waals surface area contributed by atoms with Gasteiger partial charge < -0.3 is 25.4 Å². The molecule has 1 unspecified atom stereocenters. The molecule has 1 aliphatic rings. The fraction of sp³-hybridized carbons (Fsp3) is 0.333. The molecule has 8 heteroatoms. The van der Waals surface area contributed by atoms with Crippen LogP contribution in [0.5, 0.6) is 11.5 Å². The summed E-state index contributed by atoms with van der Waals surface area (Å²) in [5.41, 5.74) is 8.20. The number of nitrogens with two attached hydrogens (primary N) is 1. The van der Waals surface area contributed by atoms with Crippen LogP contribution < -0.4 is 25.4 Å². The van der Waals surface area contributed by atoms with Crippen molar-refractivity contribution in [1.82, 2.24) is 5.32 Å². The molecule has 2 aromatic carbocycles. The molecule has 0 aromatic heterocycles. The summed E-state index contributed by atoms with van der Waals surface area (Å²) < 4.78 is 10.5. The number of aryl methyl sites for hydroxylation is 1. The van der Waals surface area contributed by atoms with E-state index in [0.29, 0.717) is 42.3 Å². The van der Waals surface area contributed by atoms with E-state index in [0.717, 1.165) is 5.56 Å². The Labute approximate surface area is 176 Å².